The van der Waals surface area contributed by atoms with Crippen LogP contribution in [-0.2, 0) is 9.53 Å². The maximum Gasteiger partial charge on any atom is 0.319 e. The lowest BCUT2D eigenvalue weighted by Gasteiger charge is -2.11. The number of hydrogen-bond donors (Lipinski definition) is 0. The van der Waals surface area contributed by atoms with Gasteiger partial charge < -0.3 is 4.74 Å². The highest BCUT2D eigenvalue weighted by atomic mass is 32.2. The van der Waals surface area contributed by atoms with Crippen LogP contribution in [0, 0.1) is 0 Å². The second-order valence-corrected chi connectivity index (χ2v) is 5.59. The van der Waals surface area contributed by atoms with E-state index >= 15 is 0 Å². The molecule has 102 valence electrons. The van der Waals surface area contributed by atoms with Crippen LogP contribution in [0.1, 0.15) is 46.6 Å². The number of ether oxygens (including phenoxy) is 1. The molecule has 0 aliphatic heterocycles. The van der Waals surface area contributed by atoms with E-state index < -0.39 is 0 Å². The van der Waals surface area contributed by atoms with E-state index in [2.05, 4.69) is 22.4 Å². The summed E-state index contributed by atoms with van der Waals surface area (Å²) in [5, 5.41) is 11.8. The van der Waals surface area contributed by atoms with Crippen molar-refractivity contribution in [3.63, 3.8) is 0 Å². The zero-order valence-corrected chi connectivity index (χ0v) is 12.1. The van der Waals surface area contributed by atoms with Gasteiger partial charge in [0, 0.05) is 0 Å². The van der Waals surface area contributed by atoms with E-state index in [1.807, 2.05) is 13.8 Å². The van der Waals surface area contributed by atoms with Crippen LogP contribution in [0.3, 0.4) is 0 Å². The van der Waals surface area contributed by atoms with Gasteiger partial charge in [0.1, 0.15) is 5.25 Å². The molecule has 7 heteroatoms. The lowest BCUT2D eigenvalue weighted by molar-refractivity contribution is -0.142. The minimum atomic E-state index is -0.301. The molecule has 1 aromatic heterocycles. The Hall–Kier alpha value is -1.11. The van der Waals surface area contributed by atoms with E-state index in [1.165, 1.54) is 11.8 Å². The summed E-state index contributed by atoms with van der Waals surface area (Å²) in [5.74, 6) is -0.216. The second kappa shape index (κ2) is 7.35. The predicted octanol–water partition coefficient (Wildman–Crippen LogP) is 2.08. The van der Waals surface area contributed by atoms with Gasteiger partial charge in [-0.2, -0.15) is 0 Å². The zero-order valence-electron chi connectivity index (χ0n) is 11.3. The summed E-state index contributed by atoms with van der Waals surface area (Å²) in [6, 6.07) is 0.172. The first kappa shape index (κ1) is 14.9. The first-order chi connectivity index (χ1) is 8.56. The van der Waals surface area contributed by atoms with E-state index in [9.17, 15) is 4.79 Å². The molecule has 1 heterocycles. The maximum atomic E-state index is 11.7. The molecular weight excluding hydrogens is 252 g/mol. The largest absolute Gasteiger partial charge is 0.465 e. The molecule has 6 nitrogen and oxygen atoms in total. The highest BCUT2D eigenvalue weighted by molar-refractivity contribution is 8.00. The minimum Gasteiger partial charge on any atom is -0.465 e. The Bertz CT molecular complexity index is 381. The molecule has 0 saturated heterocycles. The van der Waals surface area contributed by atoms with Crippen LogP contribution in [0.2, 0.25) is 0 Å². The summed E-state index contributed by atoms with van der Waals surface area (Å²) in [5.41, 5.74) is 0. The quantitative estimate of drug-likeness (QED) is 0.430. The highest BCUT2D eigenvalue weighted by Gasteiger charge is 2.20. The molecule has 0 aromatic carbocycles. The van der Waals surface area contributed by atoms with Crippen molar-refractivity contribution in [2.45, 2.75) is 57.0 Å². The number of nitrogens with zero attached hydrogens (tertiary/aromatic N) is 4. The van der Waals surface area contributed by atoms with Gasteiger partial charge in [-0.1, -0.05) is 25.1 Å². The Labute approximate surface area is 111 Å². The van der Waals surface area contributed by atoms with E-state index in [0.717, 1.165) is 12.8 Å². The van der Waals surface area contributed by atoms with Gasteiger partial charge in [0.25, 0.3) is 0 Å². The number of unbranched alkanes of at least 4 members (excludes halogenated alkanes) is 1. The molecule has 0 aliphatic rings. The number of carbonyl (C=O) groups is 1. The third-order valence-electron chi connectivity index (χ3n) is 2.31. The van der Waals surface area contributed by atoms with Crippen molar-refractivity contribution in [3.8, 4) is 0 Å². The fourth-order valence-corrected chi connectivity index (χ4v) is 2.15. The van der Waals surface area contributed by atoms with Gasteiger partial charge in [0.05, 0.1) is 12.6 Å². The van der Waals surface area contributed by atoms with Gasteiger partial charge in [-0.15, -0.1) is 5.10 Å². The normalized spacial score (nSPS) is 12.7. The van der Waals surface area contributed by atoms with Crippen molar-refractivity contribution >= 4 is 17.7 Å². The summed E-state index contributed by atoms with van der Waals surface area (Å²) in [4.78, 5) is 11.7. The summed E-state index contributed by atoms with van der Waals surface area (Å²) < 4.78 is 6.85. The third-order valence-corrected chi connectivity index (χ3v) is 3.33. The van der Waals surface area contributed by atoms with Crippen LogP contribution in [0.15, 0.2) is 5.16 Å². The molecule has 0 spiro atoms. The molecule has 1 unspecified atom stereocenters. The summed E-state index contributed by atoms with van der Waals surface area (Å²) in [6.07, 6.45) is 1.91. The number of esters is 1. The number of carbonyl (C=O) groups excluding carboxylic acids is 1. The van der Waals surface area contributed by atoms with Gasteiger partial charge >= 0.3 is 5.97 Å². The number of tetrazole rings is 1. The number of aromatic nitrogens is 4. The van der Waals surface area contributed by atoms with Crippen LogP contribution in [0.25, 0.3) is 0 Å². The summed E-state index contributed by atoms with van der Waals surface area (Å²) >= 11 is 1.32. The average molecular weight is 272 g/mol. The van der Waals surface area contributed by atoms with Gasteiger partial charge in [-0.3, -0.25) is 4.79 Å². The number of thioether (sulfide) groups is 1. The van der Waals surface area contributed by atoms with Crippen LogP contribution in [0.4, 0.5) is 0 Å². The van der Waals surface area contributed by atoms with Crippen molar-refractivity contribution in [1.82, 2.24) is 20.2 Å². The Kier molecular flexibility index (Phi) is 6.11. The molecule has 1 atom stereocenters. The van der Waals surface area contributed by atoms with E-state index in [0.29, 0.717) is 11.8 Å². The highest BCUT2D eigenvalue weighted by Crippen LogP contribution is 2.23. The van der Waals surface area contributed by atoms with Crippen LogP contribution < -0.4 is 0 Å². The van der Waals surface area contributed by atoms with Crippen LogP contribution >= 0.6 is 11.8 Å². The molecule has 0 saturated carbocycles. The third kappa shape index (κ3) is 4.29. The zero-order chi connectivity index (χ0) is 13.5. The lowest BCUT2D eigenvalue weighted by atomic mass is 10.4. The Morgan fingerprint density at radius 3 is 2.78 bits per heavy atom. The van der Waals surface area contributed by atoms with Gasteiger partial charge in [-0.05, 0) is 37.6 Å². The van der Waals surface area contributed by atoms with Gasteiger partial charge in [-0.25, -0.2) is 4.68 Å². The monoisotopic (exact) mass is 272 g/mol. The smallest absolute Gasteiger partial charge is 0.319 e. The van der Waals surface area contributed by atoms with Crippen LogP contribution in [0.5, 0.6) is 0 Å². The van der Waals surface area contributed by atoms with Crippen molar-refractivity contribution in [1.29, 1.82) is 0 Å². The lowest BCUT2D eigenvalue weighted by Crippen LogP contribution is -2.18. The van der Waals surface area contributed by atoms with E-state index in [1.54, 1.807) is 11.6 Å². The minimum absolute atomic E-state index is 0.172. The summed E-state index contributed by atoms with van der Waals surface area (Å²) in [6.45, 7) is 8.33. The molecule has 0 aliphatic carbocycles. The van der Waals surface area contributed by atoms with Gasteiger partial charge in [0.2, 0.25) is 5.16 Å². The van der Waals surface area contributed by atoms with Crippen LogP contribution in [-0.4, -0.2) is 38.0 Å². The first-order valence-corrected chi connectivity index (χ1v) is 7.05. The predicted molar refractivity (Wildman–Crippen MR) is 69.4 cm³/mol. The first-order valence-electron chi connectivity index (χ1n) is 6.17. The molecule has 0 bridgehead atoms. The number of hydrogen-bond acceptors (Lipinski definition) is 6. The molecule has 1 rings (SSSR count). The standard InChI is InChI=1S/C11H20N4O2S/c1-5-6-7-17-10(16)9(4)18-11-12-13-14-15(11)8(2)3/h8-9H,5-7H2,1-4H3. The van der Waals surface area contributed by atoms with Crippen molar-refractivity contribution < 1.29 is 9.53 Å². The van der Waals surface area contributed by atoms with Crippen molar-refractivity contribution in [3.05, 3.63) is 0 Å². The Morgan fingerprint density at radius 2 is 2.17 bits per heavy atom. The summed E-state index contributed by atoms with van der Waals surface area (Å²) in [7, 11) is 0. The Balaban J connectivity index is 2.50. The van der Waals surface area contributed by atoms with Crippen molar-refractivity contribution in [2.75, 3.05) is 6.61 Å². The maximum absolute atomic E-state index is 11.7. The fraction of sp³-hybridized carbons (Fsp3) is 0.818. The molecule has 18 heavy (non-hydrogen) atoms. The molecule has 0 amide bonds. The SMILES string of the molecule is CCCCOC(=O)C(C)Sc1nnnn1C(C)C. The molecule has 0 radical (unpaired) electrons. The molecular formula is C11H20N4O2S. The van der Waals surface area contributed by atoms with Crippen molar-refractivity contribution in [2.24, 2.45) is 0 Å². The number of rotatable bonds is 7. The topological polar surface area (TPSA) is 69.9 Å². The Morgan fingerprint density at radius 1 is 1.44 bits per heavy atom. The second-order valence-electron chi connectivity index (χ2n) is 4.28. The fourth-order valence-electron chi connectivity index (χ4n) is 1.23. The average Bonchev–Trinajstić information content (AvgIpc) is 2.77. The molecule has 0 N–H and O–H groups in total. The molecule has 1 aromatic rings. The van der Waals surface area contributed by atoms with E-state index in [-0.39, 0.29) is 17.3 Å². The molecule has 0 fully saturated rings. The van der Waals surface area contributed by atoms with Gasteiger partial charge in [0.15, 0.2) is 0 Å². The van der Waals surface area contributed by atoms with E-state index in [4.69, 9.17) is 4.74 Å².